The molecule has 0 aliphatic rings. The Morgan fingerprint density at radius 2 is 1.52 bits per heavy atom. The van der Waals surface area contributed by atoms with Crippen LogP contribution in [0, 0.1) is 11.3 Å². The van der Waals surface area contributed by atoms with Crippen molar-refractivity contribution in [2.45, 2.75) is 40.5 Å². The van der Waals surface area contributed by atoms with E-state index < -0.39 is 0 Å². The second-order valence-electron chi connectivity index (χ2n) is 5.86. The molecule has 0 saturated heterocycles. The van der Waals surface area contributed by atoms with Crippen molar-refractivity contribution >= 4 is 11.9 Å². The highest BCUT2D eigenvalue weighted by Crippen LogP contribution is 2.39. The minimum Gasteiger partial charge on any atom is -0.490 e. The molecule has 8 nitrogen and oxygen atoms in total. The zero-order chi connectivity index (χ0) is 21.6. The van der Waals surface area contributed by atoms with Gasteiger partial charge in [-0.2, -0.15) is 5.26 Å². The summed E-state index contributed by atoms with van der Waals surface area (Å²) in [6.45, 7) is 9.09. The number of carbonyl (C=O) groups excluding carboxylic acids is 2. The number of nitrogens with zero attached hydrogens (tertiary/aromatic N) is 2. The van der Waals surface area contributed by atoms with Gasteiger partial charge in [0.1, 0.15) is 0 Å². The van der Waals surface area contributed by atoms with Crippen LogP contribution in [0.1, 0.15) is 50.9 Å². The van der Waals surface area contributed by atoms with Crippen molar-refractivity contribution in [2.75, 3.05) is 39.5 Å². The number of hydrogen-bond acceptors (Lipinski definition) is 7. The predicted octanol–water partition coefficient (Wildman–Crippen LogP) is 3.19. The van der Waals surface area contributed by atoms with Crippen LogP contribution in [0.3, 0.4) is 0 Å². The van der Waals surface area contributed by atoms with Gasteiger partial charge in [0.05, 0.1) is 45.3 Å². The fourth-order valence-electron chi connectivity index (χ4n) is 2.65. The summed E-state index contributed by atoms with van der Waals surface area (Å²) in [5, 5.41) is 8.92. The summed E-state index contributed by atoms with van der Waals surface area (Å²) >= 11 is 0. The van der Waals surface area contributed by atoms with Crippen LogP contribution in [0.5, 0.6) is 17.2 Å². The molecule has 0 aliphatic carbocycles. The normalized spacial score (nSPS) is 10.0. The summed E-state index contributed by atoms with van der Waals surface area (Å²) in [5.74, 6) is 0.555. The maximum atomic E-state index is 13.1. The third kappa shape index (κ3) is 7.53. The molecule has 0 bridgehead atoms. The molecule has 1 aromatic rings. The van der Waals surface area contributed by atoms with Crippen molar-refractivity contribution in [3.8, 4) is 23.3 Å². The molecular weight excluding hydrogens is 376 g/mol. The van der Waals surface area contributed by atoms with E-state index in [4.69, 9.17) is 24.2 Å². The summed E-state index contributed by atoms with van der Waals surface area (Å²) in [6, 6.07) is 5.23. The van der Waals surface area contributed by atoms with E-state index in [2.05, 4.69) is 0 Å². The summed E-state index contributed by atoms with van der Waals surface area (Å²) < 4.78 is 21.9. The van der Waals surface area contributed by atoms with Gasteiger partial charge in [0, 0.05) is 18.7 Å². The second kappa shape index (κ2) is 13.3. The number of ether oxygens (including phenoxy) is 4. The molecule has 8 heteroatoms. The Balaban J connectivity index is 3.21. The van der Waals surface area contributed by atoms with Crippen molar-refractivity contribution < 1.29 is 28.5 Å². The van der Waals surface area contributed by atoms with E-state index in [9.17, 15) is 9.59 Å². The van der Waals surface area contributed by atoms with Crippen molar-refractivity contribution in [3.05, 3.63) is 17.7 Å². The van der Waals surface area contributed by atoms with Crippen LogP contribution in [-0.2, 0) is 9.53 Å². The first-order chi connectivity index (χ1) is 14.0. The van der Waals surface area contributed by atoms with E-state index in [-0.39, 0.29) is 44.4 Å². The van der Waals surface area contributed by atoms with Gasteiger partial charge in [-0.25, -0.2) is 0 Å². The summed E-state index contributed by atoms with van der Waals surface area (Å²) in [4.78, 5) is 26.3. The Morgan fingerprint density at radius 3 is 2.00 bits per heavy atom. The number of esters is 1. The van der Waals surface area contributed by atoms with Crippen LogP contribution in [-0.4, -0.2) is 56.3 Å². The summed E-state index contributed by atoms with van der Waals surface area (Å²) in [5.41, 5.74) is 0.335. The molecule has 0 atom stereocenters. The van der Waals surface area contributed by atoms with Crippen LogP contribution < -0.4 is 14.2 Å². The monoisotopic (exact) mass is 406 g/mol. The minimum absolute atomic E-state index is 0.0542. The lowest BCUT2D eigenvalue weighted by Gasteiger charge is -2.23. The zero-order valence-electron chi connectivity index (χ0n) is 17.7. The molecule has 0 unspecified atom stereocenters. The molecule has 0 radical (unpaired) electrons. The van der Waals surface area contributed by atoms with E-state index in [1.165, 1.54) is 4.90 Å². The van der Waals surface area contributed by atoms with Crippen LogP contribution in [0.15, 0.2) is 12.1 Å². The zero-order valence-corrected chi connectivity index (χ0v) is 17.7. The lowest BCUT2D eigenvalue weighted by Crippen LogP contribution is -2.34. The van der Waals surface area contributed by atoms with Crippen molar-refractivity contribution in [1.82, 2.24) is 4.90 Å². The van der Waals surface area contributed by atoms with Gasteiger partial charge in [0.2, 0.25) is 5.75 Å². The maximum absolute atomic E-state index is 13.1. The first-order valence-electron chi connectivity index (χ1n) is 9.90. The van der Waals surface area contributed by atoms with E-state index in [1.54, 1.807) is 19.1 Å². The standard InChI is InChI=1S/C21H30N2O6/c1-5-26-17-14-16(15-18(27-6-2)20(17)29-8-4)21(25)23(12-9-11-22)13-10-19(24)28-7-3/h14-15H,5-10,12-13H2,1-4H3. The highest BCUT2D eigenvalue weighted by molar-refractivity contribution is 5.96. The molecule has 1 rings (SSSR count). The molecule has 160 valence electrons. The first kappa shape index (κ1) is 24.1. The highest BCUT2D eigenvalue weighted by Gasteiger charge is 2.22. The first-order valence-corrected chi connectivity index (χ1v) is 9.90. The third-order valence-corrected chi connectivity index (χ3v) is 3.83. The molecule has 0 heterocycles. The number of rotatable bonds is 13. The van der Waals surface area contributed by atoms with Gasteiger partial charge in [0.15, 0.2) is 11.5 Å². The number of nitriles is 1. The van der Waals surface area contributed by atoms with Gasteiger partial charge in [-0.15, -0.1) is 0 Å². The van der Waals surface area contributed by atoms with Gasteiger partial charge in [-0.05, 0) is 39.8 Å². The smallest absolute Gasteiger partial charge is 0.307 e. The van der Waals surface area contributed by atoms with Gasteiger partial charge in [-0.1, -0.05) is 0 Å². The summed E-state index contributed by atoms with van der Waals surface area (Å²) in [6.07, 6.45) is 0.209. The molecule has 1 aromatic carbocycles. The Kier molecular flexibility index (Phi) is 11.0. The number of amides is 1. The van der Waals surface area contributed by atoms with Crippen LogP contribution in [0.2, 0.25) is 0 Å². The van der Waals surface area contributed by atoms with Gasteiger partial charge in [-0.3, -0.25) is 9.59 Å². The van der Waals surface area contributed by atoms with Crippen LogP contribution >= 0.6 is 0 Å². The highest BCUT2D eigenvalue weighted by atomic mass is 16.5. The van der Waals surface area contributed by atoms with Crippen molar-refractivity contribution in [2.24, 2.45) is 0 Å². The minimum atomic E-state index is -0.390. The molecule has 29 heavy (non-hydrogen) atoms. The Labute approximate surface area is 172 Å². The molecular formula is C21H30N2O6. The van der Waals surface area contributed by atoms with Crippen LogP contribution in [0.4, 0.5) is 0 Å². The fraction of sp³-hybridized carbons (Fsp3) is 0.571. The molecule has 0 aliphatic heterocycles. The number of benzene rings is 1. The quantitative estimate of drug-likeness (QED) is 0.464. The third-order valence-electron chi connectivity index (χ3n) is 3.83. The Morgan fingerprint density at radius 1 is 0.931 bits per heavy atom. The van der Waals surface area contributed by atoms with E-state index in [0.717, 1.165) is 0 Å². The SMILES string of the molecule is CCOC(=O)CCN(CCC#N)C(=O)c1cc(OCC)c(OCC)c(OCC)c1. The molecule has 1 amide bonds. The maximum Gasteiger partial charge on any atom is 0.307 e. The lowest BCUT2D eigenvalue weighted by atomic mass is 10.1. The van der Waals surface area contributed by atoms with Crippen molar-refractivity contribution in [1.29, 1.82) is 5.26 Å². The molecule has 0 saturated carbocycles. The Bertz CT molecular complexity index is 687. The van der Waals surface area contributed by atoms with Crippen LogP contribution in [0.25, 0.3) is 0 Å². The average molecular weight is 406 g/mol. The van der Waals surface area contributed by atoms with Gasteiger partial charge < -0.3 is 23.8 Å². The fourth-order valence-corrected chi connectivity index (χ4v) is 2.65. The lowest BCUT2D eigenvalue weighted by molar-refractivity contribution is -0.143. The van der Waals surface area contributed by atoms with E-state index in [1.807, 2.05) is 26.8 Å². The second-order valence-corrected chi connectivity index (χ2v) is 5.86. The molecule has 0 N–H and O–H groups in total. The molecule has 0 spiro atoms. The molecule has 0 aromatic heterocycles. The topological polar surface area (TPSA) is 98.1 Å². The predicted molar refractivity (Wildman–Crippen MR) is 107 cm³/mol. The van der Waals surface area contributed by atoms with Gasteiger partial charge in [0.25, 0.3) is 5.91 Å². The largest absolute Gasteiger partial charge is 0.490 e. The number of carbonyl (C=O) groups is 2. The molecule has 0 fully saturated rings. The van der Waals surface area contributed by atoms with Gasteiger partial charge >= 0.3 is 5.97 Å². The van der Waals surface area contributed by atoms with Crippen molar-refractivity contribution in [3.63, 3.8) is 0 Å². The average Bonchev–Trinajstić information content (AvgIpc) is 2.70. The van der Waals surface area contributed by atoms with E-state index >= 15 is 0 Å². The Hall–Kier alpha value is -2.95. The number of hydrogen-bond donors (Lipinski definition) is 0. The van der Waals surface area contributed by atoms with E-state index in [0.29, 0.717) is 42.6 Å². The summed E-state index contributed by atoms with van der Waals surface area (Å²) in [7, 11) is 0.